The second-order valence-electron chi connectivity index (χ2n) is 2.47. The highest BCUT2D eigenvalue weighted by molar-refractivity contribution is 7.80. The summed E-state index contributed by atoms with van der Waals surface area (Å²) < 4.78 is 12.7. The molecule has 1 aromatic rings. The van der Waals surface area contributed by atoms with Crippen LogP contribution in [0, 0.1) is 17.3 Å². The van der Waals surface area contributed by atoms with E-state index in [0.29, 0.717) is 11.4 Å². The van der Waals surface area contributed by atoms with Crippen molar-refractivity contribution in [2.24, 2.45) is 0 Å². The second kappa shape index (κ2) is 4.53. The standard InChI is InChI=1S/C9H7FN2S/c10-8-3-1-2-7(4-8)5-9(13)12-6-11/h1-4H,5H2,(H,12,13). The third kappa shape index (κ3) is 3.18. The molecule has 0 bridgehead atoms. The van der Waals surface area contributed by atoms with Gasteiger partial charge in [0, 0.05) is 6.42 Å². The topological polar surface area (TPSA) is 35.8 Å². The zero-order valence-corrected chi connectivity index (χ0v) is 7.57. The van der Waals surface area contributed by atoms with Crippen molar-refractivity contribution in [1.82, 2.24) is 5.32 Å². The van der Waals surface area contributed by atoms with Gasteiger partial charge in [0.05, 0.1) is 4.99 Å². The van der Waals surface area contributed by atoms with E-state index in [9.17, 15) is 4.39 Å². The third-order valence-corrected chi connectivity index (χ3v) is 1.70. The summed E-state index contributed by atoms with van der Waals surface area (Å²) >= 11 is 4.82. The highest BCUT2D eigenvalue weighted by Gasteiger charge is 1.98. The van der Waals surface area contributed by atoms with E-state index in [-0.39, 0.29) is 5.82 Å². The summed E-state index contributed by atoms with van der Waals surface area (Å²) in [4.78, 5) is 0.396. The smallest absolute Gasteiger partial charge is 0.181 e. The third-order valence-electron chi connectivity index (χ3n) is 1.45. The molecule has 0 saturated heterocycles. The van der Waals surface area contributed by atoms with E-state index in [4.69, 9.17) is 17.5 Å². The Labute approximate surface area is 81.0 Å². The first-order valence-corrected chi connectivity index (χ1v) is 4.05. The fraction of sp³-hybridized carbons (Fsp3) is 0.111. The summed E-state index contributed by atoms with van der Waals surface area (Å²) in [6.07, 6.45) is 2.11. The first-order chi connectivity index (χ1) is 6.22. The van der Waals surface area contributed by atoms with Gasteiger partial charge in [0.1, 0.15) is 5.82 Å². The Bertz CT molecular complexity index is 357. The van der Waals surface area contributed by atoms with Crippen LogP contribution in [0.25, 0.3) is 0 Å². The maximum absolute atomic E-state index is 12.7. The predicted octanol–water partition coefficient (Wildman–Crippen LogP) is 1.77. The van der Waals surface area contributed by atoms with E-state index in [2.05, 4.69) is 5.32 Å². The highest BCUT2D eigenvalue weighted by Crippen LogP contribution is 2.04. The van der Waals surface area contributed by atoms with Crippen LogP contribution in [0.5, 0.6) is 0 Å². The van der Waals surface area contributed by atoms with E-state index in [1.807, 2.05) is 0 Å². The Morgan fingerprint density at radius 2 is 2.38 bits per heavy atom. The monoisotopic (exact) mass is 194 g/mol. The lowest BCUT2D eigenvalue weighted by molar-refractivity contribution is 0.626. The molecule has 1 aromatic carbocycles. The van der Waals surface area contributed by atoms with Gasteiger partial charge in [-0.3, -0.25) is 5.32 Å². The quantitative estimate of drug-likeness (QED) is 0.443. The van der Waals surface area contributed by atoms with Gasteiger partial charge in [0.2, 0.25) is 0 Å². The maximum Gasteiger partial charge on any atom is 0.181 e. The van der Waals surface area contributed by atoms with E-state index in [0.717, 1.165) is 5.56 Å². The number of nitriles is 1. The Balaban J connectivity index is 2.65. The number of hydrogen-bond donors (Lipinski definition) is 1. The number of nitrogens with one attached hydrogen (secondary N) is 1. The minimum atomic E-state index is -0.294. The molecule has 0 aliphatic rings. The lowest BCUT2D eigenvalue weighted by Gasteiger charge is -2.00. The largest absolute Gasteiger partial charge is 0.286 e. The molecule has 1 rings (SSSR count). The van der Waals surface area contributed by atoms with E-state index >= 15 is 0 Å². The van der Waals surface area contributed by atoms with Gasteiger partial charge < -0.3 is 0 Å². The van der Waals surface area contributed by atoms with Crippen molar-refractivity contribution in [3.63, 3.8) is 0 Å². The molecule has 0 fully saturated rings. The summed E-state index contributed by atoms with van der Waals surface area (Å²) in [7, 11) is 0. The first-order valence-electron chi connectivity index (χ1n) is 3.65. The molecule has 0 heterocycles. The molecule has 0 amide bonds. The van der Waals surface area contributed by atoms with Crippen LogP contribution in [0.4, 0.5) is 4.39 Å². The van der Waals surface area contributed by atoms with Gasteiger partial charge >= 0.3 is 0 Å². The molecule has 0 radical (unpaired) electrons. The Kier molecular flexibility index (Phi) is 3.35. The number of hydrogen-bond acceptors (Lipinski definition) is 2. The van der Waals surface area contributed by atoms with Crippen molar-refractivity contribution in [1.29, 1.82) is 5.26 Å². The SMILES string of the molecule is N#CNC(=S)Cc1cccc(F)c1. The molecule has 4 heteroatoms. The number of nitrogens with zero attached hydrogens (tertiary/aromatic N) is 1. The molecule has 0 aliphatic carbocycles. The van der Waals surface area contributed by atoms with E-state index in [1.54, 1.807) is 18.3 Å². The average Bonchev–Trinajstić information content (AvgIpc) is 2.04. The van der Waals surface area contributed by atoms with E-state index in [1.165, 1.54) is 12.1 Å². The average molecular weight is 194 g/mol. The molecule has 13 heavy (non-hydrogen) atoms. The summed E-state index contributed by atoms with van der Waals surface area (Å²) in [6.45, 7) is 0. The van der Waals surface area contributed by atoms with Crippen LogP contribution in [-0.4, -0.2) is 4.99 Å². The maximum atomic E-state index is 12.7. The molecule has 0 atom stereocenters. The van der Waals surface area contributed by atoms with Crippen molar-refractivity contribution in [2.45, 2.75) is 6.42 Å². The molecule has 1 N–H and O–H groups in total. The van der Waals surface area contributed by atoms with Gasteiger partial charge in [0.25, 0.3) is 0 Å². The van der Waals surface area contributed by atoms with Gasteiger partial charge in [-0.2, -0.15) is 5.26 Å². The molecule has 0 aromatic heterocycles. The Hall–Kier alpha value is -1.47. The Morgan fingerprint density at radius 3 is 3.00 bits per heavy atom. The fourth-order valence-corrected chi connectivity index (χ4v) is 1.15. The molecular formula is C9H7FN2S. The number of rotatable bonds is 2. The van der Waals surface area contributed by atoms with Crippen molar-refractivity contribution in [2.75, 3.05) is 0 Å². The number of halogens is 1. The van der Waals surface area contributed by atoms with Crippen molar-refractivity contribution < 1.29 is 4.39 Å². The zero-order chi connectivity index (χ0) is 9.68. The van der Waals surface area contributed by atoms with Gasteiger partial charge in [-0.1, -0.05) is 24.4 Å². The van der Waals surface area contributed by atoms with Crippen LogP contribution in [-0.2, 0) is 6.42 Å². The van der Waals surface area contributed by atoms with Crippen LogP contribution in [0.2, 0.25) is 0 Å². The van der Waals surface area contributed by atoms with Gasteiger partial charge in [-0.05, 0) is 17.7 Å². The van der Waals surface area contributed by atoms with Gasteiger partial charge in [-0.15, -0.1) is 0 Å². The van der Waals surface area contributed by atoms with Crippen molar-refractivity contribution in [3.05, 3.63) is 35.6 Å². The molecule has 0 aliphatic heterocycles. The summed E-state index contributed by atoms with van der Waals surface area (Å²) in [5.41, 5.74) is 0.757. The highest BCUT2D eigenvalue weighted by atomic mass is 32.1. The lowest BCUT2D eigenvalue weighted by atomic mass is 10.1. The normalized spacial score (nSPS) is 8.92. The summed E-state index contributed by atoms with van der Waals surface area (Å²) in [5, 5.41) is 10.6. The summed E-state index contributed by atoms with van der Waals surface area (Å²) in [5.74, 6) is -0.294. The minimum Gasteiger partial charge on any atom is -0.286 e. The minimum absolute atomic E-state index is 0.294. The van der Waals surface area contributed by atoms with Gasteiger partial charge in [-0.25, -0.2) is 4.39 Å². The number of thiocarbonyl (C=S) groups is 1. The summed E-state index contributed by atoms with van der Waals surface area (Å²) in [6, 6.07) is 6.13. The first kappa shape index (κ1) is 9.62. The van der Waals surface area contributed by atoms with Crippen molar-refractivity contribution >= 4 is 17.2 Å². The van der Waals surface area contributed by atoms with Crippen LogP contribution in [0.3, 0.4) is 0 Å². The van der Waals surface area contributed by atoms with E-state index < -0.39 is 0 Å². The molecule has 0 spiro atoms. The van der Waals surface area contributed by atoms with Crippen LogP contribution in [0.15, 0.2) is 24.3 Å². The van der Waals surface area contributed by atoms with Crippen LogP contribution in [0.1, 0.15) is 5.56 Å². The van der Waals surface area contributed by atoms with Crippen LogP contribution >= 0.6 is 12.2 Å². The molecule has 0 unspecified atom stereocenters. The molecular weight excluding hydrogens is 187 g/mol. The second-order valence-corrected chi connectivity index (χ2v) is 2.96. The zero-order valence-electron chi connectivity index (χ0n) is 6.75. The van der Waals surface area contributed by atoms with Crippen molar-refractivity contribution in [3.8, 4) is 6.19 Å². The predicted molar refractivity (Wildman–Crippen MR) is 51.5 cm³/mol. The molecule has 2 nitrogen and oxygen atoms in total. The molecule has 0 saturated carbocycles. The fourth-order valence-electron chi connectivity index (χ4n) is 0.939. The van der Waals surface area contributed by atoms with Gasteiger partial charge in [0.15, 0.2) is 6.19 Å². The Morgan fingerprint density at radius 1 is 1.62 bits per heavy atom. The lowest BCUT2D eigenvalue weighted by Crippen LogP contribution is -2.17. The molecule has 66 valence electrons. The number of benzene rings is 1. The van der Waals surface area contributed by atoms with Crippen LogP contribution < -0.4 is 5.32 Å².